The maximum absolute atomic E-state index is 5.37. The second-order valence-corrected chi connectivity index (χ2v) is 2.15. The van der Waals surface area contributed by atoms with Crippen LogP contribution in [0.25, 0.3) is 0 Å². The van der Waals surface area contributed by atoms with Crippen molar-refractivity contribution in [3.05, 3.63) is 0 Å². The molecule has 1 aliphatic rings. The Bertz CT molecular complexity index is 59.0. The lowest BCUT2D eigenvalue weighted by atomic mass is 10.4. The van der Waals surface area contributed by atoms with Gasteiger partial charge in [0.2, 0.25) is 0 Å². The van der Waals surface area contributed by atoms with Crippen molar-refractivity contribution >= 4 is 0 Å². The van der Waals surface area contributed by atoms with E-state index in [2.05, 4.69) is 4.74 Å². The van der Waals surface area contributed by atoms with E-state index in [9.17, 15) is 0 Å². The lowest BCUT2D eigenvalue weighted by Gasteiger charge is -2.01. The Balaban J connectivity index is -0.000000119. The van der Waals surface area contributed by atoms with Crippen LogP contribution in [0.2, 0.25) is 0 Å². The normalized spacial score (nSPS) is 16.1. The number of hydrazine groups is 1. The Morgan fingerprint density at radius 1 is 1.18 bits per heavy atom. The number of hydrogen-bond donors (Lipinski definition) is 1. The molecule has 0 aliphatic carbocycles. The van der Waals surface area contributed by atoms with Crippen LogP contribution in [0.5, 0.6) is 0 Å². The van der Waals surface area contributed by atoms with E-state index in [-0.39, 0.29) is 1.43 Å². The van der Waals surface area contributed by atoms with Crippen LogP contribution in [0, 0.1) is 0 Å². The number of ether oxygens (including phenoxy) is 1. The van der Waals surface area contributed by atoms with Gasteiger partial charge in [-0.25, -0.2) is 5.01 Å². The predicted molar refractivity (Wildman–Crippen MR) is 51.4 cm³/mol. The van der Waals surface area contributed by atoms with E-state index in [1.807, 2.05) is 18.9 Å². The predicted octanol–water partition coefficient (Wildman–Crippen LogP) is 1.49. The molecular formula is C8H24N2O. The number of methoxy groups -OCH3 is 1. The van der Waals surface area contributed by atoms with Crippen molar-refractivity contribution in [1.82, 2.24) is 5.01 Å². The monoisotopic (exact) mass is 164 g/mol. The minimum atomic E-state index is 0. The number of hydrogen-bond acceptors (Lipinski definition) is 3. The van der Waals surface area contributed by atoms with Gasteiger partial charge in [0, 0.05) is 28.7 Å². The molecule has 0 amide bonds. The fourth-order valence-electron chi connectivity index (χ4n) is 0.742. The minimum absolute atomic E-state index is 0. The van der Waals surface area contributed by atoms with Gasteiger partial charge >= 0.3 is 0 Å². The van der Waals surface area contributed by atoms with Gasteiger partial charge in [0.1, 0.15) is 0 Å². The lowest BCUT2D eigenvalue weighted by Crippen LogP contribution is -2.26. The van der Waals surface area contributed by atoms with Crippen LogP contribution in [-0.4, -0.2) is 32.3 Å². The molecule has 1 heterocycles. The van der Waals surface area contributed by atoms with E-state index in [0.29, 0.717) is 0 Å². The zero-order chi connectivity index (χ0) is 9.11. The first-order chi connectivity index (χ1) is 5.31. The highest BCUT2D eigenvalue weighted by molar-refractivity contribution is 4.57. The third-order valence-corrected chi connectivity index (χ3v) is 1.14. The van der Waals surface area contributed by atoms with E-state index in [0.717, 1.165) is 13.1 Å². The van der Waals surface area contributed by atoms with Crippen LogP contribution < -0.4 is 5.84 Å². The highest BCUT2D eigenvalue weighted by Crippen LogP contribution is 1.99. The summed E-state index contributed by atoms with van der Waals surface area (Å²) < 4.78 is 4.25. The summed E-state index contributed by atoms with van der Waals surface area (Å²) in [4.78, 5) is 0. The molecule has 0 aromatic heterocycles. The molecule has 0 aromatic carbocycles. The fraction of sp³-hybridized carbons (Fsp3) is 1.00. The largest absolute Gasteiger partial charge is 0.388 e. The summed E-state index contributed by atoms with van der Waals surface area (Å²) in [6.07, 6.45) is 2.58. The molecule has 1 aliphatic heterocycles. The molecule has 0 radical (unpaired) electrons. The molecule has 2 N–H and O–H groups in total. The number of rotatable bonds is 0. The van der Waals surface area contributed by atoms with Crippen molar-refractivity contribution in [2.24, 2.45) is 5.84 Å². The Morgan fingerprint density at radius 3 is 1.55 bits per heavy atom. The Kier molecular flexibility index (Phi) is 15.4. The summed E-state index contributed by atoms with van der Waals surface area (Å²) in [5.74, 6) is 5.37. The van der Waals surface area contributed by atoms with Crippen LogP contribution >= 0.6 is 0 Å². The standard InChI is InChI=1S/C4H10N2.C2H6O.C2H6.H2/c5-6-3-1-2-4-6;1-3-2;1-2;/h1-5H2;1-2H3;1-2H3;1H. The van der Waals surface area contributed by atoms with Gasteiger partial charge in [0.05, 0.1) is 0 Å². The van der Waals surface area contributed by atoms with E-state index in [1.165, 1.54) is 12.8 Å². The van der Waals surface area contributed by atoms with E-state index in [1.54, 1.807) is 14.2 Å². The van der Waals surface area contributed by atoms with Gasteiger partial charge in [0.25, 0.3) is 0 Å². The van der Waals surface area contributed by atoms with Crippen molar-refractivity contribution in [2.45, 2.75) is 26.7 Å². The summed E-state index contributed by atoms with van der Waals surface area (Å²) in [6.45, 7) is 6.19. The molecule has 0 aromatic rings. The highest BCUT2D eigenvalue weighted by atomic mass is 16.4. The zero-order valence-corrected chi connectivity index (χ0v) is 8.26. The third kappa shape index (κ3) is 13.0. The van der Waals surface area contributed by atoms with E-state index in [4.69, 9.17) is 5.84 Å². The SMILES string of the molecule is CC.COC.NN1CCCC1.[HH]. The number of nitrogens with two attached hydrogens (primary N) is 1. The van der Waals surface area contributed by atoms with Crippen molar-refractivity contribution < 1.29 is 6.16 Å². The summed E-state index contributed by atoms with van der Waals surface area (Å²) in [6, 6.07) is 0. The van der Waals surface area contributed by atoms with Crippen LogP contribution in [0.15, 0.2) is 0 Å². The van der Waals surface area contributed by atoms with Gasteiger partial charge in [-0.05, 0) is 12.8 Å². The van der Waals surface area contributed by atoms with Crippen LogP contribution in [0.3, 0.4) is 0 Å². The summed E-state index contributed by atoms with van der Waals surface area (Å²) in [7, 11) is 3.25. The molecule has 0 spiro atoms. The average Bonchev–Trinajstić information content (AvgIpc) is 2.46. The molecule has 11 heavy (non-hydrogen) atoms. The first kappa shape index (κ1) is 13.5. The van der Waals surface area contributed by atoms with Gasteiger partial charge in [-0.2, -0.15) is 0 Å². The van der Waals surface area contributed by atoms with E-state index < -0.39 is 0 Å². The summed E-state index contributed by atoms with van der Waals surface area (Å²) >= 11 is 0. The summed E-state index contributed by atoms with van der Waals surface area (Å²) in [5, 5.41) is 1.86. The van der Waals surface area contributed by atoms with Crippen molar-refractivity contribution in [1.29, 1.82) is 0 Å². The first-order valence-corrected chi connectivity index (χ1v) is 4.21. The Hall–Kier alpha value is -0.120. The average molecular weight is 164 g/mol. The molecule has 0 saturated carbocycles. The highest BCUT2D eigenvalue weighted by Gasteiger charge is 2.03. The second kappa shape index (κ2) is 12.5. The smallest absolute Gasteiger partial charge is 0.0351 e. The molecule has 1 fully saturated rings. The zero-order valence-electron chi connectivity index (χ0n) is 8.26. The summed E-state index contributed by atoms with van der Waals surface area (Å²) in [5.41, 5.74) is 0. The molecule has 72 valence electrons. The molecule has 1 saturated heterocycles. The topological polar surface area (TPSA) is 38.5 Å². The molecule has 0 unspecified atom stereocenters. The van der Waals surface area contributed by atoms with Crippen molar-refractivity contribution in [2.75, 3.05) is 27.3 Å². The van der Waals surface area contributed by atoms with Gasteiger partial charge in [-0.3, -0.25) is 5.84 Å². The second-order valence-electron chi connectivity index (χ2n) is 2.15. The molecular weight excluding hydrogens is 140 g/mol. The minimum Gasteiger partial charge on any atom is -0.388 e. The van der Waals surface area contributed by atoms with Crippen LogP contribution in [0.1, 0.15) is 28.1 Å². The first-order valence-electron chi connectivity index (χ1n) is 4.21. The molecule has 3 heteroatoms. The Morgan fingerprint density at radius 2 is 1.45 bits per heavy atom. The maximum Gasteiger partial charge on any atom is 0.0351 e. The van der Waals surface area contributed by atoms with Crippen LogP contribution in [0.4, 0.5) is 0 Å². The van der Waals surface area contributed by atoms with Crippen molar-refractivity contribution in [3.8, 4) is 0 Å². The fourth-order valence-corrected chi connectivity index (χ4v) is 0.742. The molecule has 3 nitrogen and oxygen atoms in total. The molecule has 0 bridgehead atoms. The van der Waals surface area contributed by atoms with Gasteiger partial charge < -0.3 is 4.74 Å². The number of nitrogens with zero attached hydrogens (tertiary/aromatic N) is 1. The third-order valence-electron chi connectivity index (χ3n) is 1.14. The maximum atomic E-state index is 5.37. The molecule has 1 rings (SSSR count). The quantitative estimate of drug-likeness (QED) is 0.551. The van der Waals surface area contributed by atoms with Gasteiger partial charge in [-0.1, -0.05) is 13.8 Å². The van der Waals surface area contributed by atoms with Crippen molar-refractivity contribution in [3.63, 3.8) is 0 Å². The van der Waals surface area contributed by atoms with Crippen LogP contribution in [-0.2, 0) is 4.74 Å². The Labute approximate surface area is 72.0 Å². The van der Waals surface area contributed by atoms with E-state index >= 15 is 0 Å². The lowest BCUT2D eigenvalue weighted by molar-refractivity contribution is 0.277. The van der Waals surface area contributed by atoms with Gasteiger partial charge in [-0.15, -0.1) is 0 Å². The van der Waals surface area contributed by atoms with Gasteiger partial charge in [0.15, 0.2) is 0 Å². The molecule has 0 atom stereocenters.